The zero-order chi connectivity index (χ0) is 25.7. The molecule has 1 fully saturated rings. The van der Waals surface area contributed by atoms with Crippen molar-refractivity contribution in [2.45, 2.75) is 52.4 Å². The maximum atomic E-state index is 13.6. The summed E-state index contributed by atoms with van der Waals surface area (Å²) in [5.74, 6) is 0.117. The van der Waals surface area contributed by atoms with Crippen molar-refractivity contribution in [1.82, 2.24) is 14.7 Å². The van der Waals surface area contributed by atoms with Crippen molar-refractivity contribution < 1.29 is 4.79 Å². The molecule has 0 saturated carbocycles. The van der Waals surface area contributed by atoms with Gasteiger partial charge in [0.2, 0.25) is 0 Å². The van der Waals surface area contributed by atoms with Crippen molar-refractivity contribution in [3.8, 4) is 0 Å². The van der Waals surface area contributed by atoms with Crippen LogP contribution >= 0.6 is 15.9 Å². The lowest BCUT2D eigenvalue weighted by Gasteiger charge is -2.48. The quantitative estimate of drug-likeness (QED) is 0.317. The first kappa shape index (κ1) is 26.6. The molecule has 3 aromatic rings. The highest BCUT2D eigenvalue weighted by atomic mass is 79.9. The van der Waals surface area contributed by atoms with Gasteiger partial charge >= 0.3 is 0 Å². The van der Waals surface area contributed by atoms with E-state index in [1.165, 1.54) is 11.1 Å². The lowest BCUT2D eigenvalue weighted by molar-refractivity contribution is 0.0192. The molecule has 4 nitrogen and oxygen atoms in total. The second kappa shape index (κ2) is 12.2. The van der Waals surface area contributed by atoms with E-state index in [1.807, 2.05) is 30.9 Å². The van der Waals surface area contributed by atoms with Crippen LogP contribution in [0.15, 0.2) is 83.3 Å². The zero-order valence-electron chi connectivity index (χ0n) is 21.9. The molecule has 1 aliphatic rings. The predicted molar refractivity (Wildman–Crippen MR) is 152 cm³/mol. The number of carbonyl (C=O) groups is 1. The van der Waals surface area contributed by atoms with E-state index >= 15 is 0 Å². The summed E-state index contributed by atoms with van der Waals surface area (Å²) in [6.07, 6.45) is 0. The lowest BCUT2D eigenvalue weighted by Crippen LogP contribution is -2.57. The minimum atomic E-state index is 0.0224. The van der Waals surface area contributed by atoms with Gasteiger partial charge in [0.15, 0.2) is 0 Å². The molecular weight excluding hydrogens is 510 g/mol. The smallest absolute Gasteiger partial charge is 0.254 e. The Hall–Kier alpha value is -2.47. The minimum absolute atomic E-state index is 0.0224. The normalized spacial score (nSPS) is 19.7. The number of amides is 1. The first-order chi connectivity index (χ1) is 17.4. The third-order valence-corrected chi connectivity index (χ3v) is 7.97. The Morgan fingerprint density at radius 2 is 1.53 bits per heavy atom. The Bertz CT molecular complexity index is 1130. The van der Waals surface area contributed by atoms with Crippen LogP contribution in [-0.4, -0.2) is 58.9 Å². The zero-order valence-corrected chi connectivity index (χ0v) is 23.5. The van der Waals surface area contributed by atoms with Gasteiger partial charge in [0, 0.05) is 54.8 Å². The van der Waals surface area contributed by atoms with E-state index in [9.17, 15) is 4.79 Å². The third-order valence-electron chi connectivity index (χ3n) is 7.45. The van der Waals surface area contributed by atoms with Crippen molar-refractivity contribution in [3.63, 3.8) is 0 Å². The minimum Gasteiger partial charge on any atom is -0.339 e. The van der Waals surface area contributed by atoms with Crippen LogP contribution in [0.4, 0.5) is 0 Å². The summed E-state index contributed by atoms with van der Waals surface area (Å²) in [6, 6.07) is 28.3. The average Bonchev–Trinajstić information content (AvgIpc) is 2.90. The van der Waals surface area contributed by atoms with Gasteiger partial charge in [0.1, 0.15) is 0 Å². The summed E-state index contributed by atoms with van der Waals surface area (Å²) < 4.78 is 1.11. The molecule has 0 radical (unpaired) electrons. The highest BCUT2D eigenvalue weighted by Gasteiger charge is 2.36. The lowest BCUT2D eigenvalue weighted by atomic mass is 9.90. The number of halogens is 1. The van der Waals surface area contributed by atoms with E-state index in [2.05, 4.69) is 106 Å². The Morgan fingerprint density at radius 1 is 0.889 bits per heavy atom. The van der Waals surface area contributed by atoms with Crippen molar-refractivity contribution >= 4 is 21.8 Å². The fraction of sp³-hybridized carbons (Fsp3) is 0.387. The van der Waals surface area contributed by atoms with Gasteiger partial charge in [-0.15, -0.1) is 0 Å². The van der Waals surface area contributed by atoms with Gasteiger partial charge in [-0.05, 0) is 62.6 Å². The van der Waals surface area contributed by atoms with Crippen molar-refractivity contribution in [2.75, 3.05) is 26.2 Å². The molecule has 4 rings (SSSR count). The largest absolute Gasteiger partial charge is 0.339 e. The van der Waals surface area contributed by atoms with Gasteiger partial charge in [-0.3, -0.25) is 14.6 Å². The van der Waals surface area contributed by atoms with Gasteiger partial charge in [-0.25, -0.2) is 0 Å². The Morgan fingerprint density at radius 3 is 2.19 bits per heavy atom. The SMILES string of the molecule is CCN(CC)C(=O)c1ccccc1[C@H](c1ccccc1)N1C[C@@H](C)N(Cc2ccc(Br)cc2)C[C@@H]1C. The van der Waals surface area contributed by atoms with Crippen LogP contribution in [0.3, 0.4) is 0 Å². The topological polar surface area (TPSA) is 26.8 Å². The first-order valence-corrected chi connectivity index (χ1v) is 13.9. The van der Waals surface area contributed by atoms with E-state index < -0.39 is 0 Å². The maximum absolute atomic E-state index is 13.6. The molecule has 1 saturated heterocycles. The van der Waals surface area contributed by atoms with Crippen LogP contribution in [0.5, 0.6) is 0 Å². The average molecular weight is 549 g/mol. The number of nitrogens with zero attached hydrogens (tertiary/aromatic N) is 3. The molecule has 5 heteroatoms. The highest BCUT2D eigenvalue weighted by molar-refractivity contribution is 9.10. The molecule has 1 aliphatic heterocycles. The van der Waals surface area contributed by atoms with Gasteiger partial charge < -0.3 is 4.90 Å². The summed E-state index contributed by atoms with van der Waals surface area (Å²) in [5, 5.41) is 0. The number of hydrogen-bond acceptors (Lipinski definition) is 3. The van der Waals surface area contributed by atoms with Crippen molar-refractivity contribution in [2.24, 2.45) is 0 Å². The number of hydrogen-bond donors (Lipinski definition) is 0. The molecule has 0 aromatic heterocycles. The number of carbonyl (C=O) groups excluding carboxylic acids is 1. The Balaban J connectivity index is 1.67. The van der Waals surface area contributed by atoms with Crippen LogP contribution < -0.4 is 0 Å². The summed E-state index contributed by atoms with van der Waals surface area (Å²) in [5.41, 5.74) is 4.48. The third kappa shape index (κ3) is 5.91. The van der Waals surface area contributed by atoms with E-state index in [4.69, 9.17) is 0 Å². The van der Waals surface area contributed by atoms with Crippen LogP contribution in [0.2, 0.25) is 0 Å². The summed E-state index contributed by atoms with van der Waals surface area (Å²) in [6.45, 7) is 13.0. The molecule has 0 spiro atoms. The second-order valence-electron chi connectivity index (χ2n) is 9.83. The van der Waals surface area contributed by atoms with Gasteiger partial charge in [-0.2, -0.15) is 0 Å². The van der Waals surface area contributed by atoms with E-state index in [1.54, 1.807) is 0 Å². The monoisotopic (exact) mass is 547 g/mol. The molecule has 36 heavy (non-hydrogen) atoms. The van der Waals surface area contributed by atoms with Crippen LogP contribution in [0.1, 0.15) is 60.8 Å². The Labute approximate surface area is 225 Å². The molecule has 190 valence electrons. The summed E-state index contributed by atoms with van der Waals surface area (Å²) >= 11 is 3.55. The van der Waals surface area contributed by atoms with Crippen LogP contribution in [-0.2, 0) is 6.54 Å². The fourth-order valence-electron chi connectivity index (χ4n) is 5.43. The molecule has 0 N–H and O–H groups in total. The van der Waals surface area contributed by atoms with E-state index in [-0.39, 0.29) is 11.9 Å². The number of rotatable bonds is 8. The molecular formula is C31H38BrN3O. The van der Waals surface area contributed by atoms with E-state index in [0.717, 1.165) is 35.2 Å². The number of piperazine rings is 1. The number of benzene rings is 3. The first-order valence-electron chi connectivity index (χ1n) is 13.1. The Kier molecular flexibility index (Phi) is 9.00. The maximum Gasteiger partial charge on any atom is 0.254 e. The standard InChI is InChI=1S/C31H38BrN3O/c1-5-33(6-2)31(36)29-15-11-10-14-28(29)30(26-12-8-7-9-13-26)35-21-23(3)34(20-24(35)4)22-25-16-18-27(32)19-17-25/h7-19,23-24,30H,5-6,20-22H2,1-4H3/t23-,24+,30+/m1/s1. The van der Waals surface area contributed by atoms with Gasteiger partial charge in [0.25, 0.3) is 5.91 Å². The molecule has 3 atom stereocenters. The fourth-order valence-corrected chi connectivity index (χ4v) is 5.69. The molecule has 0 aliphatic carbocycles. The highest BCUT2D eigenvalue weighted by Crippen LogP contribution is 2.35. The second-order valence-corrected chi connectivity index (χ2v) is 10.7. The van der Waals surface area contributed by atoms with E-state index in [0.29, 0.717) is 25.2 Å². The predicted octanol–water partition coefficient (Wildman–Crippen LogP) is 6.62. The van der Waals surface area contributed by atoms with Crippen LogP contribution in [0, 0.1) is 0 Å². The molecule has 0 unspecified atom stereocenters. The summed E-state index contributed by atoms with van der Waals surface area (Å²) in [4.78, 5) is 20.7. The molecule has 3 aromatic carbocycles. The summed E-state index contributed by atoms with van der Waals surface area (Å²) in [7, 11) is 0. The molecule has 1 heterocycles. The van der Waals surface area contributed by atoms with Crippen molar-refractivity contribution in [1.29, 1.82) is 0 Å². The van der Waals surface area contributed by atoms with Crippen molar-refractivity contribution in [3.05, 3.63) is 106 Å². The van der Waals surface area contributed by atoms with Crippen LogP contribution in [0.25, 0.3) is 0 Å². The van der Waals surface area contributed by atoms with Gasteiger partial charge in [0.05, 0.1) is 6.04 Å². The molecule has 1 amide bonds. The molecule has 0 bridgehead atoms. The van der Waals surface area contributed by atoms with Gasteiger partial charge in [-0.1, -0.05) is 76.6 Å².